The minimum absolute atomic E-state index is 0.0910. The van der Waals surface area contributed by atoms with E-state index in [-0.39, 0.29) is 17.7 Å². The normalized spacial score (nSPS) is 19.9. The van der Waals surface area contributed by atoms with Crippen LogP contribution in [0.3, 0.4) is 0 Å². The molecule has 1 aliphatic rings. The van der Waals surface area contributed by atoms with Gasteiger partial charge in [-0.3, -0.25) is 19.9 Å². The number of primary amides is 1. The fourth-order valence-electron chi connectivity index (χ4n) is 2.09. The van der Waals surface area contributed by atoms with Gasteiger partial charge in [0.2, 0.25) is 5.91 Å². The maximum Gasteiger partial charge on any atom is 0.268 e. The molecule has 1 aromatic heterocycles. The molecular weight excluding hydrogens is 236 g/mol. The van der Waals surface area contributed by atoms with Gasteiger partial charge in [0.1, 0.15) is 12.0 Å². The Morgan fingerprint density at radius 3 is 2.94 bits per heavy atom. The zero-order valence-electron chi connectivity index (χ0n) is 9.89. The standard InChI is InChI=1S/C11H16N4O3/c12-10(16)7-1-2-15(4-7)5-9-3-8(6-18-9)11(17)14-13/h3,6-7H,1-2,4-5,13H2,(H2,12,16)(H,14,17). The van der Waals surface area contributed by atoms with Crippen molar-refractivity contribution in [2.45, 2.75) is 13.0 Å². The molecule has 0 aliphatic carbocycles. The van der Waals surface area contributed by atoms with Crippen molar-refractivity contribution in [3.05, 3.63) is 23.7 Å². The molecule has 0 saturated carbocycles. The van der Waals surface area contributed by atoms with Crippen LogP contribution in [-0.4, -0.2) is 29.8 Å². The Morgan fingerprint density at radius 2 is 2.33 bits per heavy atom. The third-order valence-corrected chi connectivity index (χ3v) is 3.10. The number of carbonyl (C=O) groups is 2. The molecule has 7 nitrogen and oxygen atoms in total. The van der Waals surface area contributed by atoms with Gasteiger partial charge in [-0.15, -0.1) is 0 Å². The molecule has 0 radical (unpaired) electrons. The van der Waals surface area contributed by atoms with Gasteiger partial charge in [-0.25, -0.2) is 5.84 Å². The predicted molar refractivity (Wildman–Crippen MR) is 62.9 cm³/mol. The largest absolute Gasteiger partial charge is 0.467 e. The topological polar surface area (TPSA) is 115 Å². The molecule has 0 bridgehead atoms. The van der Waals surface area contributed by atoms with Gasteiger partial charge in [0.05, 0.1) is 18.0 Å². The van der Waals surface area contributed by atoms with E-state index in [1.807, 2.05) is 5.43 Å². The third kappa shape index (κ3) is 2.69. The number of nitrogen functional groups attached to an aromatic ring is 1. The van der Waals surface area contributed by atoms with Gasteiger partial charge in [0, 0.05) is 6.54 Å². The number of hydrogen-bond acceptors (Lipinski definition) is 5. The van der Waals surface area contributed by atoms with Crippen molar-refractivity contribution in [2.24, 2.45) is 17.5 Å². The van der Waals surface area contributed by atoms with Crippen molar-refractivity contribution >= 4 is 11.8 Å². The van der Waals surface area contributed by atoms with E-state index >= 15 is 0 Å². The van der Waals surface area contributed by atoms with Gasteiger partial charge >= 0.3 is 0 Å². The molecule has 2 heterocycles. The molecule has 2 amide bonds. The van der Waals surface area contributed by atoms with Crippen molar-refractivity contribution in [1.82, 2.24) is 10.3 Å². The second-order valence-corrected chi connectivity index (χ2v) is 4.40. The Balaban J connectivity index is 1.93. The van der Waals surface area contributed by atoms with Gasteiger partial charge in [0.15, 0.2) is 0 Å². The first-order valence-corrected chi connectivity index (χ1v) is 5.70. The van der Waals surface area contributed by atoms with Gasteiger partial charge in [0.25, 0.3) is 5.91 Å². The van der Waals surface area contributed by atoms with Crippen LogP contribution in [0.25, 0.3) is 0 Å². The molecule has 1 saturated heterocycles. The Morgan fingerprint density at radius 1 is 1.56 bits per heavy atom. The van der Waals surface area contributed by atoms with E-state index in [9.17, 15) is 9.59 Å². The van der Waals surface area contributed by atoms with E-state index in [0.29, 0.717) is 24.4 Å². The SMILES string of the molecule is NNC(=O)c1coc(CN2CCC(C(N)=O)C2)c1. The summed E-state index contributed by atoms with van der Waals surface area (Å²) in [5.41, 5.74) is 7.68. The molecule has 7 heteroatoms. The highest BCUT2D eigenvalue weighted by atomic mass is 16.3. The van der Waals surface area contributed by atoms with Crippen LogP contribution in [-0.2, 0) is 11.3 Å². The quantitative estimate of drug-likeness (QED) is 0.368. The van der Waals surface area contributed by atoms with E-state index < -0.39 is 0 Å². The third-order valence-electron chi connectivity index (χ3n) is 3.10. The summed E-state index contributed by atoms with van der Waals surface area (Å²) in [7, 11) is 0. The zero-order chi connectivity index (χ0) is 13.1. The first-order valence-electron chi connectivity index (χ1n) is 5.70. The highest BCUT2D eigenvalue weighted by Gasteiger charge is 2.27. The molecule has 1 fully saturated rings. The van der Waals surface area contributed by atoms with Crippen molar-refractivity contribution in [3.8, 4) is 0 Å². The number of nitrogens with two attached hydrogens (primary N) is 2. The molecule has 1 aromatic rings. The predicted octanol–water partition coefficient (Wildman–Crippen LogP) is -0.810. The number of nitrogens with zero attached hydrogens (tertiary/aromatic N) is 1. The number of hydrogen-bond donors (Lipinski definition) is 3. The fraction of sp³-hybridized carbons (Fsp3) is 0.455. The average molecular weight is 252 g/mol. The Bertz CT molecular complexity index is 457. The number of likely N-dealkylation sites (tertiary alicyclic amines) is 1. The second kappa shape index (κ2) is 5.19. The summed E-state index contributed by atoms with van der Waals surface area (Å²) in [6.07, 6.45) is 2.13. The van der Waals surface area contributed by atoms with Gasteiger partial charge in [-0.05, 0) is 19.0 Å². The number of amides is 2. The number of nitrogens with one attached hydrogen (secondary N) is 1. The van der Waals surface area contributed by atoms with Crippen LogP contribution in [0.4, 0.5) is 0 Å². The smallest absolute Gasteiger partial charge is 0.268 e. The van der Waals surface area contributed by atoms with E-state index in [4.69, 9.17) is 16.0 Å². The van der Waals surface area contributed by atoms with Crippen LogP contribution >= 0.6 is 0 Å². The highest BCUT2D eigenvalue weighted by Crippen LogP contribution is 2.19. The Labute approximate surface area is 104 Å². The van der Waals surface area contributed by atoms with E-state index in [0.717, 1.165) is 13.0 Å². The van der Waals surface area contributed by atoms with Gasteiger partial charge in [-0.2, -0.15) is 0 Å². The lowest BCUT2D eigenvalue weighted by molar-refractivity contribution is -0.121. The zero-order valence-corrected chi connectivity index (χ0v) is 9.89. The lowest BCUT2D eigenvalue weighted by atomic mass is 10.1. The molecule has 5 N–H and O–H groups in total. The van der Waals surface area contributed by atoms with E-state index in [1.165, 1.54) is 6.26 Å². The van der Waals surface area contributed by atoms with E-state index in [2.05, 4.69) is 4.90 Å². The summed E-state index contributed by atoms with van der Waals surface area (Å²) in [5.74, 6) is 4.95. The highest BCUT2D eigenvalue weighted by molar-refractivity contribution is 5.93. The summed E-state index contributed by atoms with van der Waals surface area (Å²) in [5, 5.41) is 0. The molecule has 18 heavy (non-hydrogen) atoms. The second-order valence-electron chi connectivity index (χ2n) is 4.40. The molecule has 1 unspecified atom stereocenters. The molecule has 0 aromatic carbocycles. The minimum Gasteiger partial charge on any atom is -0.467 e. The number of furan rings is 1. The monoisotopic (exact) mass is 252 g/mol. The summed E-state index contributed by atoms with van der Waals surface area (Å²) < 4.78 is 5.27. The minimum atomic E-state index is -0.388. The summed E-state index contributed by atoms with van der Waals surface area (Å²) in [6.45, 7) is 1.99. The number of carbonyl (C=O) groups excluding carboxylic acids is 2. The summed E-state index contributed by atoms with van der Waals surface area (Å²) in [4.78, 5) is 24.3. The molecule has 98 valence electrons. The number of hydrazine groups is 1. The van der Waals surface area contributed by atoms with Crippen LogP contribution in [0.5, 0.6) is 0 Å². The van der Waals surface area contributed by atoms with Crippen LogP contribution in [0.1, 0.15) is 22.5 Å². The van der Waals surface area contributed by atoms with Crippen LogP contribution in [0.15, 0.2) is 16.7 Å². The molecular formula is C11H16N4O3. The van der Waals surface area contributed by atoms with E-state index in [1.54, 1.807) is 6.07 Å². The van der Waals surface area contributed by atoms with Crippen molar-refractivity contribution in [2.75, 3.05) is 13.1 Å². The first-order chi connectivity index (χ1) is 8.60. The summed E-state index contributed by atoms with van der Waals surface area (Å²) in [6, 6.07) is 1.64. The molecule has 0 spiro atoms. The fourth-order valence-corrected chi connectivity index (χ4v) is 2.09. The van der Waals surface area contributed by atoms with Crippen molar-refractivity contribution in [1.29, 1.82) is 0 Å². The van der Waals surface area contributed by atoms with Crippen LogP contribution in [0.2, 0.25) is 0 Å². The van der Waals surface area contributed by atoms with Crippen molar-refractivity contribution < 1.29 is 14.0 Å². The number of rotatable bonds is 4. The van der Waals surface area contributed by atoms with Crippen molar-refractivity contribution in [3.63, 3.8) is 0 Å². The average Bonchev–Trinajstić information content (AvgIpc) is 2.98. The van der Waals surface area contributed by atoms with Gasteiger partial charge < -0.3 is 10.2 Å². The molecule has 1 aliphatic heterocycles. The Hall–Kier alpha value is -1.86. The maximum absolute atomic E-state index is 11.2. The molecule has 2 rings (SSSR count). The Kier molecular flexibility index (Phi) is 3.63. The first kappa shape index (κ1) is 12.6. The lowest BCUT2D eigenvalue weighted by Crippen LogP contribution is -2.29. The maximum atomic E-state index is 11.2. The van der Waals surface area contributed by atoms with Gasteiger partial charge in [-0.1, -0.05) is 0 Å². The van der Waals surface area contributed by atoms with Crippen LogP contribution < -0.4 is 17.0 Å². The molecule has 1 atom stereocenters. The lowest BCUT2D eigenvalue weighted by Gasteiger charge is -2.12. The van der Waals surface area contributed by atoms with Crippen LogP contribution in [0, 0.1) is 5.92 Å². The summed E-state index contributed by atoms with van der Waals surface area (Å²) >= 11 is 0.